The van der Waals surface area contributed by atoms with E-state index in [1.54, 1.807) is 32.0 Å². The molecule has 7 heteroatoms. The Balaban J connectivity index is 1.90. The number of carbonyl (C=O) groups excluding carboxylic acids is 2. The summed E-state index contributed by atoms with van der Waals surface area (Å²) in [6.07, 6.45) is 0. The Morgan fingerprint density at radius 1 is 1.38 bits per heavy atom. The number of rotatable bonds is 4. The Bertz CT molecular complexity index is 681. The summed E-state index contributed by atoms with van der Waals surface area (Å²) in [6, 6.07) is 6.58. The molecule has 1 amide bonds. The van der Waals surface area contributed by atoms with E-state index in [9.17, 15) is 9.59 Å². The van der Waals surface area contributed by atoms with Crippen molar-refractivity contribution in [3.05, 3.63) is 46.3 Å². The number of ether oxygens (including phenoxy) is 1. The van der Waals surface area contributed by atoms with Crippen molar-refractivity contribution in [2.75, 3.05) is 11.9 Å². The second-order valence-electron chi connectivity index (χ2n) is 4.37. The van der Waals surface area contributed by atoms with Gasteiger partial charge < -0.3 is 14.6 Å². The molecule has 1 aromatic heterocycles. The first-order valence-corrected chi connectivity index (χ1v) is 6.50. The summed E-state index contributed by atoms with van der Waals surface area (Å²) in [4.78, 5) is 23.3. The minimum Gasteiger partial charge on any atom is -0.450 e. The molecular weight excluding hydrogens is 296 g/mol. The van der Waals surface area contributed by atoms with Gasteiger partial charge in [-0.25, -0.2) is 4.79 Å². The molecule has 1 heterocycles. The molecule has 1 aromatic carbocycles. The van der Waals surface area contributed by atoms with Gasteiger partial charge in [-0.05, 0) is 31.5 Å². The lowest BCUT2D eigenvalue weighted by molar-refractivity contribution is -0.119. The molecule has 2 rings (SSSR count). The SMILES string of the molecule is Cc1cc(C(=O)OCC(=O)Nc2cccc(Cl)c2C)on1. The summed E-state index contributed by atoms with van der Waals surface area (Å²) in [6.45, 7) is 3.03. The van der Waals surface area contributed by atoms with E-state index in [0.29, 0.717) is 16.4 Å². The van der Waals surface area contributed by atoms with Crippen LogP contribution in [0.5, 0.6) is 0 Å². The lowest BCUT2D eigenvalue weighted by atomic mass is 10.2. The van der Waals surface area contributed by atoms with Crippen molar-refractivity contribution in [3.63, 3.8) is 0 Å². The van der Waals surface area contributed by atoms with Crippen molar-refractivity contribution in [3.8, 4) is 0 Å². The molecule has 2 aromatic rings. The number of hydrogen-bond acceptors (Lipinski definition) is 5. The first-order chi connectivity index (χ1) is 9.97. The van der Waals surface area contributed by atoms with E-state index in [1.807, 2.05) is 0 Å². The van der Waals surface area contributed by atoms with Crippen molar-refractivity contribution in [2.24, 2.45) is 0 Å². The summed E-state index contributed by atoms with van der Waals surface area (Å²) in [7, 11) is 0. The molecule has 0 saturated carbocycles. The number of esters is 1. The molecule has 0 aliphatic rings. The van der Waals surface area contributed by atoms with E-state index in [-0.39, 0.29) is 5.76 Å². The first kappa shape index (κ1) is 15.1. The lowest BCUT2D eigenvalue weighted by Crippen LogP contribution is -2.21. The van der Waals surface area contributed by atoms with Crippen LogP contribution in [-0.2, 0) is 9.53 Å². The molecule has 0 unspecified atom stereocenters. The largest absolute Gasteiger partial charge is 0.450 e. The molecular formula is C14H13ClN2O4. The maximum atomic E-state index is 11.7. The highest BCUT2D eigenvalue weighted by Gasteiger charge is 2.15. The topological polar surface area (TPSA) is 81.4 Å². The zero-order chi connectivity index (χ0) is 15.4. The summed E-state index contributed by atoms with van der Waals surface area (Å²) in [5, 5.41) is 6.72. The van der Waals surface area contributed by atoms with Crippen molar-refractivity contribution >= 4 is 29.2 Å². The Morgan fingerprint density at radius 2 is 2.14 bits per heavy atom. The molecule has 0 fully saturated rings. The van der Waals surface area contributed by atoms with Crippen LogP contribution < -0.4 is 5.32 Å². The van der Waals surface area contributed by atoms with Crippen LogP contribution in [0, 0.1) is 13.8 Å². The van der Waals surface area contributed by atoms with Crippen LogP contribution in [0.4, 0.5) is 5.69 Å². The van der Waals surface area contributed by atoms with Gasteiger partial charge >= 0.3 is 5.97 Å². The summed E-state index contributed by atoms with van der Waals surface area (Å²) >= 11 is 5.95. The lowest BCUT2D eigenvalue weighted by Gasteiger charge is -2.09. The number of nitrogens with zero attached hydrogens (tertiary/aromatic N) is 1. The Morgan fingerprint density at radius 3 is 2.81 bits per heavy atom. The fourth-order valence-electron chi connectivity index (χ4n) is 1.59. The van der Waals surface area contributed by atoms with Crippen LogP contribution in [0.2, 0.25) is 5.02 Å². The molecule has 0 saturated heterocycles. The van der Waals surface area contributed by atoms with E-state index >= 15 is 0 Å². The molecule has 110 valence electrons. The number of benzene rings is 1. The number of anilines is 1. The van der Waals surface area contributed by atoms with E-state index in [1.165, 1.54) is 6.07 Å². The molecule has 21 heavy (non-hydrogen) atoms. The number of hydrogen-bond donors (Lipinski definition) is 1. The van der Waals surface area contributed by atoms with Gasteiger partial charge in [-0.2, -0.15) is 0 Å². The number of aryl methyl sites for hydroxylation is 1. The normalized spacial score (nSPS) is 10.2. The van der Waals surface area contributed by atoms with Gasteiger partial charge in [0.05, 0.1) is 5.69 Å². The quantitative estimate of drug-likeness (QED) is 0.878. The molecule has 0 radical (unpaired) electrons. The summed E-state index contributed by atoms with van der Waals surface area (Å²) < 4.78 is 9.57. The van der Waals surface area contributed by atoms with Crippen molar-refractivity contribution in [2.45, 2.75) is 13.8 Å². The third kappa shape index (κ3) is 3.82. The van der Waals surface area contributed by atoms with Crippen LogP contribution in [0.15, 0.2) is 28.8 Å². The van der Waals surface area contributed by atoms with Gasteiger partial charge in [0.25, 0.3) is 5.91 Å². The zero-order valence-corrected chi connectivity index (χ0v) is 12.2. The predicted octanol–water partition coefficient (Wildman–Crippen LogP) is 2.74. The van der Waals surface area contributed by atoms with Crippen LogP contribution in [-0.4, -0.2) is 23.6 Å². The monoisotopic (exact) mass is 308 g/mol. The van der Waals surface area contributed by atoms with Crippen LogP contribution in [0.25, 0.3) is 0 Å². The molecule has 0 aliphatic heterocycles. The van der Waals surface area contributed by atoms with E-state index in [2.05, 4.69) is 10.5 Å². The van der Waals surface area contributed by atoms with E-state index in [0.717, 1.165) is 5.56 Å². The summed E-state index contributed by atoms with van der Waals surface area (Å²) in [5.41, 5.74) is 1.87. The van der Waals surface area contributed by atoms with Gasteiger partial charge in [0.15, 0.2) is 6.61 Å². The van der Waals surface area contributed by atoms with Crippen LogP contribution >= 0.6 is 11.6 Å². The Hall–Kier alpha value is -2.34. The number of nitrogens with one attached hydrogen (secondary N) is 1. The fraction of sp³-hybridized carbons (Fsp3) is 0.214. The number of halogens is 1. The van der Waals surface area contributed by atoms with E-state index < -0.39 is 18.5 Å². The van der Waals surface area contributed by atoms with Gasteiger partial charge in [0, 0.05) is 16.8 Å². The molecule has 1 N–H and O–H groups in total. The van der Waals surface area contributed by atoms with E-state index in [4.69, 9.17) is 20.9 Å². The van der Waals surface area contributed by atoms with Gasteiger partial charge in [0.1, 0.15) is 0 Å². The summed E-state index contributed by atoms with van der Waals surface area (Å²) in [5.74, 6) is -1.25. The second kappa shape index (κ2) is 6.41. The molecule has 6 nitrogen and oxygen atoms in total. The fourth-order valence-corrected chi connectivity index (χ4v) is 1.77. The number of amides is 1. The van der Waals surface area contributed by atoms with Gasteiger partial charge in [-0.1, -0.05) is 22.8 Å². The van der Waals surface area contributed by atoms with Crippen LogP contribution in [0.1, 0.15) is 21.8 Å². The molecule has 0 atom stereocenters. The van der Waals surface area contributed by atoms with Crippen molar-refractivity contribution in [1.29, 1.82) is 0 Å². The number of aromatic nitrogens is 1. The van der Waals surface area contributed by atoms with Crippen LogP contribution in [0.3, 0.4) is 0 Å². The highest BCUT2D eigenvalue weighted by atomic mass is 35.5. The third-order valence-corrected chi connectivity index (χ3v) is 3.11. The highest BCUT2D eigenvalue weighted by molar-refractivity contribution is 6.31. The predicted molar refractivity (Wildman–Crippen MR) is 76.3 cm³/mol. The number of carbonyl (C=O) groups is 2. The third-order valence-electron chi connectivity index (χ3n) is 2.71. The van der Waals surface area contributed by atoms with Gasteiger partial charge in [-0.3, -0.25) is 4.79 Å². The van der Waals surface area contributed by atoms with Crippen molar-refractivity contribution in [1.82, 2.24) is 5.16 Å². The smallest absolute Gasteiger partial charge is 0.377 e. The Labute approximate surface area is 126 Å². The van der Waals surface area contributed by atoms with Gasteiger partial charge in [-0.15, -0.1) is 0 Å². The maximum Gasteiger partial charge on any atom is 0.377 e. The first-order valence-electron chi connectivity index (χ1n) is 6.13. The van der Waals surface area contributed by atoms with Gasteiger partial charge in [0.2, 0.25) is 5.76 Å². The molecule has 0 bridgehead atoms. The van der Waals surface area contributed by atoms with Crippen molar-refractivity contribution < 1.29 is 18.8 Å². The average Bonchev–Trinajstić information content (AvgIpc) is 2.88. The average molecular weight is 309 g/mol. The minimum atomic E-state index is -0.742. The zero-order valence-electron chi connectivity index (χ0n) is 11.5. The minimum absolute atomic E-state index is 0.0424. The Kier molecular flexibility index (Phi) is 4.59. The molecule has 0 spiro atoms. The second-order valence-corrected chi connectivity index (χ2v) is 4.78. The molecule has 0 aliphatic carbocycles. The maximum absolute atomic E-state index is 11.7. The standard InChI is InChI=1S/C14H13ClN2O4/c1-8-6-12(21-17-8)14(19)20-7-13(18)16-11-5-3-4-10(15)9(11)2/h3-6H,7H2,1-2H3,(H,16,18). The highest BCUT2D eigenvalue weighted by Crippen LogP contribution is 2.22.